The van der Waals surface area contributed by atoms with Crippen LogP contribution in [0.1, 0.15) is 13.8 Å². The van der Waals surface area contributed by atoms with Gasteiger partial charge in [0, 0.05) is 18.6 Å². The molecule has 1 saturated heterocycles. The highest BCUT2D eigenvalue weighted by atomic mass is 16.2. The fourth-order valence-electron chi connectivity index (χ4n) is 1.67. The molecule has 1 unspecified atom stereocenters. The topological polar surface area (TPSA) is 117 Å². The molecule has 0 radical (unpaired) electrons. The summed E-state index contributed by atoms with van der Waals surface area (Å²) in [5, 5.41) is 5.63. The van der Waals surface area contributed by atoms with E-state index in [4.69, 9.17) is 11.6 Å². The Balaban J connectivity index is 2.83. The third kappa shape index (κ3) is 2.40. The molecule has 0 spiro atoms. The standard InChI is InChI=1S/C8H18N6O2/c1-8(2)4-11-3-6(14(8)10)13(7(9)16)12-5-15/h5-6,11H,3-4,10H2,1-2H3,(H2,9,16)(H,12,15). The van der Waals surface area contributed by atoms with Crippen molar-refractivity contribution in [3.8, 4) is 0 Å². The fraction of sp³-hybridized carbons (Fsp3) is 0.750. The summed E-state index contributed by atoms with van der Waals surface area (Å²) in [6.45, 7) is 4.97. The van der Waals surface area contributed by atoms with E-state index < -0.39 is 12.2 Å². The summed E-state index contributed by atoms with van der Waals surface area (Å²) >= 11 is 0. The molecular weight excluding hydrogens is 212 g/mol. The molecular formula is C8H18N6O2. The van der Waals surface area contributed by atoms with E-state index in [2.05, 4.69) is 10.7 Å². The van der Waals surface area contributed by atoms with E-state index in [-0.39, 0.29) is 5.54 Å². The van der Waals surface area contributed by atoms with Crippen molar-refractivity contribution < 1.29 is 9.59 Å². The van der Waals surface area contributed by atoms with Crippen molar-refractivity contribution in [2.75, 3.05) is 13.1 Å². The summed E-state index contributed by atoms with van der Waals surface area (Å²) in [7, 11) is 0. The summed E-state index contributed by atoms with van der Waals surface area (Å²) in [6, 6.07) is -0.757. The van der Waals surface area contributed by atoms with E-state index in [1.54, 1.807) is 0 Å². The highest BCUT2D eigenvalue weighted by Gasteiger charge is 2.38. The summed E-state index contributed by atoms with van der Waals surface area (Å²) in [6.07, 6.45) is -0.119. The summed E-state index contributed by atoms with van der Waals surface area (Å²) in [5.41, 5.74) is 7.06. The molecule has 1 aliphatic heterocycles. The van der Waals surface area contributed by atoms with Gasteiger partial charge in [0.05, 0.1) is 0 Å². The van der Waals surface area contributed by atoms with Gasteiger partial charge >= 0.3 is 6.03 Å². The van der Waals surface area contributed by atoms with Crippen LogP contribution in [0, 0.1) is 0 Å². The number of primary amides is 1. The maximum Gasteiger partial charge on any atom is 0.335 e. The smallest absolute Gasteiger partial charge is 0.335 e. The number of urea groups is 1. The number of rotatable bonds is 3. The van der Waals surface area contributed by atoms with Crippen molar-refractivity contribution in [1.29, 1.82) is 0 Å². The van der Waals surface area contributed by atoms with E-state index in [0.29, 0.717) is 19.5 Å². The number of amides is 3. The summed E-state index contributed by atoms with van der Waals surface area (Å²) in [5.74, 6) is 5.91. The lowest BCUT2D eigenvalue weighted by Gasteiger charge is -2.47. The maximum atomic E-state index is 11.2. The van der Waals surface area contributed by atoms with Gasteiger partial charge in [0.25, 0.3) is 0 Å². The molecule has 0 saturated carbocycles. The van der Waals surface area contributed by atoms with Crippen molar-refractivity contribution in [2.45, 2.75) is 25.6 Å². The van der Waals surface area contributed by atoms with Crippen LogP contribution in [0.4, 0.5) is 4.79 Å². The Kier molecular flexibility index (Phi) is 3.68. The minimum Gasteiger partial charge on any atom is -0.350 e. The van der Waals surface area contributed by atoms with Gasteiger partial charge in [-0.15, -0.1) is 0 Å². The van der Waals surface area contributed by atoms with Crippen molar-refractivity contribution in [1.82, 2.24) is 20.8 Å². The number of piperazine rings is 1. The third-order valence-electron chi connectivity index (χ3n) is 2.63. The van der Waals surface area contributed by atoms with E-state index in [1.807, 2.05) is 13.8 Å². The largest absolute Gasteiger partial charge is 0.350 e. The third-order valence-corrected chi connectivity index (χ3v) is 2.63. The Hall–Kier alpha value is -1.38. The molecule has 1 aliphatic rings. The highest BCUT2D eigenvalue weighted by Crippen LogP contribution is 2.17. The quantitative estimate of drug-likeness (QED) is 0.252. The number of hydrogen-bond acceptors (Lipinski definition) is 5. The van der Waals surface area contributed by atoms with Crippen LogP contribution >= 0.6 is 0 Å². The van der Waals surface area contributed by atoms with Crippen LogP contribution in [0.2, 0.25) is 0 Å². The van der Waals surface area contributed by atoms with Crippen molar-refractivity contribution in [3.05, 3.63) is 0 Å². The van der Waals surface area contributed by atoms with Crippen LogP contribution in [-0.2, 0) is 4.79 Å². The van der Waals surface area contributed by atoms with Gasteiger partial charge in [0.2, 0.25) is 6.41 Å². The molecule has 8 heteroatoms. The predicted molar refractivity (Wildman–Crippen MR) is 57.4 cm³/mol. The second kappa shape index (κ2) is 4.64. The lowest BCUT2D eigenvalue weighted by molar-refractivity contribution is -0.117. The first kappa shape index (κ1) is 12.7. The normalized spacial score (nSPS) is 24.8. The molecule has 0 aromatic carbocycles. The first-order chi connectivity index (χ1) is 7.40. The Morgan fingerprint density at radius 3 is 2.81 bits per heavy atom. The average Bonchev–Trinajstić information content (AvgIpc) is 2.19. The van der Waals surface area contributed by atoms with Crippen LogP contribution in [0.25, 0.3) is 0 Å². The molecule has 1 rings (SSSR count). The summed E-state index contributed by atoms with van der Waals surface area (Å²) in [4.78, 5) is 21.6. The fourth-order valence-corrected chi connectivity index (χ4v) is 1.67. The molecule has 3 amide bonds. The minimum atomic E-state index is -0.757. The van der Waals surface area contributed by atoms with Crippen LogP contribution in [-0.4, -0.2) is 47.3 Å². The molecule has 1 heterocycles. The van der Waals surface area contributed by atoms with Crippen molar-refractivity contribution in [2.24, 2.45) is 11.6 Å². The second-order valence-corrected chi connectivity index (χ2v) is 4.29. The molecule has 1 atom stereocenters. The molecule has 0 aromatic rings. The molecule has 0 bridgehead atoms. The number of nitrogens with two attached hydrogens (primary N) is 2. The Labute approximate surface area is 93.9 Å². The van der Waals surface area contributed by atoms with E-state index >= 15 is 0 Å². The predicted octanol–water partition coefficient (Wildman–Crippen LogP) is -2.09. The number of nitrogens with one attached hydrogen (secondary N) is 2. The molecule has 0 aromatic heterocycles. The van der Waals surface area contributed by atoms with Gasteiger partial charge in [-0.25, -0.2) is 14.8 Å². The van der Waals surface area contributed by atoms with Gasteiger partial charge in [-0.1, -0.05) is 0 Å². The molecule has 8 nitrogen and oxygen atoms in total. The minimum absolute atomic E-state index is 0.332. The van der Waals surface area contributed by atoms with Gasteiger partial charge < -0.3 is 11.1 Å². The number of hydrogen-bond donors (Lipinski definition) is 4. The Morgan fingerprint density at radius 2 is 2.31 bits per heavy atom. The Bertz CT molecular complexity index is 282. The molecule has 0 aliphatic carbocycles. The zero-order chi connectivity index (χ0) is 12.3. The van der Waals surface area contributed by atoms with E-state index in [1.165, 1.54) is 5.01 Å². The van der Waals surface area contributed by atoms with Gasteiger partial charge in [0.15, 0.2) is 0 Å². The molecule has 1 fully saturated rings. The first-order valence-electron chi connectivity index (χ1n) is 4.93. The number of carbonyl (C=O) groups is 2. The summed E-state index contributed by atoms with van der Waals surface area (Å²) < 4.78 is 0. The number of carbonyl (C=O) groups excluding carboxylic acids is 2. The van der Waals surface area contributed by atoms with Crippen LogP contribution in [0.3, 0.4) is 0 Å². The highest BCUT2D eigenvalue weighted by molar-refractivity contribution is 5.73. The van der Waals surface area contributed by atoms with Crippen LogP contribution in [0.5, 0.6) is 0 Å². The SMILES string of the molecule is CC1(C)CNCC(N(NC=O)C(N)=O)N1N. The molecule has 6 N–H and O–H groups in total. The second-order valence-electron chi connectivity index (χ2n) is 4.29. The number of nitrogens with zero attached hydrogens (tertiary/aromatic N) is 2. The van der Waals surface area contributed by atoms with Crippen molar-refractivity contribution >= 4 is 12.4 Å². The monoisotopic (exact) mass is 230 g/mol. The zero-order valence-electron chi connectivity index (χ0n) is 9.43. The van der Waals surface area contributed by atoms with Crippen molar-refractivity contribution in [3.63, 3.8) is 0 Å². The van der Waals surface area contributed by atoms with Crippen LogP contribution in [0.15, 0.2) is 0 Å². The maximum absolute atomic E-state index is 11.2. The van der Waals surface area contributed by atoms with Gasteiger partial charge in [-0.3, -0.25) is 16.1 Å². The number of hydrazine groups is 2. The van der Waals surface area contributed by atoms with Crippen LogP contribution < -0.4 is 22.3 Å². The van der Waals surface area contributed by atoms with E-state index in [0.717, 1.165) is 5.01 Å². The first-order valence-corrected chi connectivity index (χ1v) is 4.93. The zero-order valence-corrected chi connectivity index (χ0v) is 9.43. The lowest BCUT2D eigenvalue weighted by atomic mass is 10.0. The average molecular weight is 230 g/mol. The molecule has 16 heavy (non-hydrogen) atoms. The van der Waals surface area contributed by atoms with Gasteiger partial charge in [-0.05, 0) is 13.8 Å². The van der Waals surface area contributed by atoms with Gasteiger partial charge in [-0.2, -0.15) is 0 Å². The molecule has 92 valence electrons. The Morgan fingerprint density at radius 1 is 1.69 bits per heavy atom. The van der Waals surface area contributed by atoms with E-state index in [9.17, 15) is 9.59 Å². The van der Waals surface area contributed by atoms with Gasteiger partial charge in [0.1, 0.15) is 6.17 Å². The lowest BCUT2D eigenvalue weighted by Crippen LogP contribution is -2.73.